The smallest absolute Gasteiger partial charge is 0.375 e. The lowest BCUT2D eigenvalue weighted by Gasteiger charge is -2.29. The van der Waals surface area contributed by atoms with E-state index in [1.807, 2.05) is 6.92 Å². The molecule has 1 saturated heterocycles. The molecule has 1 amide bonds. The van der Waals surface area contributed by atoms with Crippen LogP contribution in [0.2, 0.25) is 0 Å². The minimum atomic E-state index is -3.16. The van der Waals surface area contributed by atoms with Crippen LogP contribution in [0.25, 0.3) is 11.0 Å². The number of carbonyl (C=O) groups is 2. The van der Waals surface area contributed by atoms with Crippen LogP contribution in [0, 0.1) is 6.92 Å². The first kappa shape index (κ1) is 21.0. The van der Waals surface area contributed by atoms with Gasteiger partial charge >= 0.3 is 5.97 Å². The number of fused-ring (bicyclic) bond motifs is 1. The molecular formula is C20H23NO7S. The molecule has 8 nitrogen and oxygen atoms in total. The van der Waals surface area contributed by atoms with Crippen molar-refractivity contribution in [1.29, 1.82) is 0 Å². The maximum absolute atomic E-state index is 12.7. The highest BCUT2D eigenvalue weighted by atomic mass is 32.2. The van der Waals surface area contributed by atoms with E-state index in [4.69, 9.17) is 9.15 Å². The molecule has 0 unspecified atom stereocenters. The van der Waals surface area contributed by atoms with Gasteiger partial charge in [-0.25, -0.2) is 13.2 Å². The molecule has 0 radical (unpaired) electrons. The van der Waals surface area contributed by atoms with Gasteiger partial charge in [0.05, 0.1) is 16.9 Å². The molecule has 0 saturated carbocycles. The molecule has 1 aromatic heterocycles. The van der Waals surface area contributed by atoms with Crippen molar-refractivity contribution >= 4 is 32.7 Å². The van der Waals surface area contributed by atoms with E-state index in [-0.39, 0.29) is 28.3 Å². The van der Waals surface area contributed by atoms with E-state index in [9.17, 15) is 22.8 Å². The van der Waals surface area contributed by atoms with E-state index in [0.29, 0.717) is 18.4 Å². The number of amides is 1. The van der Waals surface area contributed by atoms with Crippen LogP contribution in [0.4, 0.5) is 0 Å². The number of carbonyl (C=O) groups excluding carboxylic acids is 2. The molecule has 2 atom stereocenters. The third kappa shape index (κ3) is 4.50. The van der Waals surface area contributed by atoms with Gasteiger partial charge in [0.25, 0.3) is 5.91 Å². The second-order valence-electron chi connectivity index (χ2n) is 7.20. The van der Waals surface area contributed by atoms with E-state index in [1.54, 1.807) is 25.1 Å². The van der Waals surface area contributed by atoms with Gasteiger partial charge in [-0.3, -0.25) is 9.59 Å². The average Bonchev–Trinajstić information content (AvgIpc) is 3.02. The van der Waals surface area contributed by atoms with E-state index in [0.717, 1.165) is 11.6 Å². The summed E-state index contributed by atoms with van der Waals surface area (Å²) in [5, 5.41) is 0.352. The Balaban J connectivity index is 1.76. The molecule has 156 valence electrons. The highest BCUT2D eigenvalue weighted by molar-refractivity contribution is 7.91. The monoisotopic (exact) mass is 421 g/mol. The third-order valence-corrected chi connectivity index (χ3v) is 6.74. The Bertz CT molecular complexity index is 1120. The third-order valence-electron chi connectivity index (χ3n) is 4.99. The fraction of sp³-hybridized carbons (Fsp3) is 0.450. The number of ether oxygens (including phenoxy) is 1. The number of esters is 1. The lowest BCUT2D eigenvalue weighted by Crippen LogP contribution is -2.46. The Morgan fingerprint density at radius 2 is 2.03 bits per heavy atom. The molecule has 0 spiro atoms. The molecule has 0 N–H and O–H groups in total. The zero-order valence-electron chi connectivity index (χ0n) is 16.5. The Labute approximate surface area is 168 Å². The predicted octanol–water partition coefficient (Wildman–Crippen LogP) is 1.68. The summed E-state index contributed by atoms with van der Waals surface area (Å²) in [5.74, 6) is -1.76. The number of nitrogens with zero attached hydrogens (tertiary/aromatic N) is 1. The number of likely N-dealkylation sites (N-methyl/N-ethyl adjacent to an activating group) is 1. The molecule has 2 aromatic rings. The molecule has 1 aromatic carbocycles. The topological polar surface area (TPSA) is 111 Å². The van der Waals surface area contributed by atoms with Crippen molar-refractivity contribution in [1.82, 2.24) is 4.90 Å². The normalized spacial score (nSPS) is 19.1. The standard InChI is InChI=1S/C20H23NO7S/c1-4-21(14-7-8-29(25,26)11-14)19(23)13(3)27-20(24)18-10-16(22)15-9-12(2)5-6-17(15)28-18/h5-6,9-10,13-14H,4,7-8,11H2,1-3H3/t13-,14-/m0/s1. The summed E-state index contributed by atoms with van der Waals surface area (Å²) in [6.45, 7) is 5.28. The summed E-state index contributed by atoms with van der Waals surface area (Å²) in [7, 11) is -3.16. The van der Waals surface area contributed by atoms with Gasteiger partial charge in [0.1, 0.15) is 5.58 Å². The van der Waals surface area contributed by atoms with Crippen LogP contribution in [0.1, 0.15) is 36.4 Å². The lowest BCUT2D eigenvalue weighted by atomic mass is 10.1. The molecule has 1 aliphatic rings. The van der Waals surface area contributed by atoms with E-state index in [1.165, 1.54) is 11.8 Å². The number of aryl methyl sites for hydroxylation is 1. The Kier molecular flexibility index (Phi) is 5.79. The number of hydrogen-bond donors (Lipinski definition) is 0. The SMILES string of the molecule is CCN(C(=O)[C@H](C)OC(=O)c1cc(=O)c2cc(C)ccc2o1)[C@H]1CCS(=O)(=O)C1. The molecule has 1 fully saturated rings. The summed E-state index contributed by atoms with van der Waals surface area (Å²) >= 11 is 0. The number of benzene rings is 1. The van der Waals surface area contributed by atoms with Crippen LogP contribution < -0.4 is 5.43 Å². The highest BCUT2D eigenvalue weighted by Gasteiger charge is 2.36. The summed E-state index contributed by atoms with van der Waals surface area (Å²) in [6.07, 6.45) is -0.786. The number of hydrogen-bond acceptors (Lipinski definition) is 7. The first-order valence-corrected chi connectivity index (χ1v) is 11.2. The van der Waals surface area contributed by atoms with Gasteiger partial charge in [-0.2, -0.15) is 0 Å². The molecule has 1 aliphatic heterocycles. The van der Waals surface area contributed by atoms with Gasteiger partial charge in [-0.15, -0.1) is 0 Å². The molecular weight excluding hydrogens is 398 g/mol. The van der Waals surface area contributed by atoms with Gasteiger partial charge in [0.2, 0.25) is 5.76 Å². The highest BCUT2D eigenvalue weighted by Crippen LogP contribution is 2.20. The molecule has 3 rings (SSSR count). The average molecular weight is 421 g/mol. The molecule has 9 heteroatoms. The van der Waals surface area contributed by atoms with Crippen molar-refractivity contribution in [2.75, 3.05) is 18.1 Å². The van der Waals surface area contributed by atoms with Crippen molar-refractivity contribution in [2.24, 2.45) is 0 Å². The number of rotatable bonds is 5. The first-order chi connectivity index (χ1) is 13.6. The van der Waals surface area contributed by atoms with Gasteiger partial charge in [0, 0.05) is 18.7 Å². The van der Waals surface area contributed by atoms with Crippen molar-refractivity contribution in [2.45, 2.75) is 39.3 Å². The maximum atomic E-state index is 12.7. The van der Waals surface area contributed by atoms with Gasteiger partial charge < -0.3 is 14.1 Å². The van der Waals surface area contributed by atoms with Crippen LogP contribution in [0.5, 0.6) is 0 Å². The van der Waals surface area contributed by atoms with Crippen LogP contribution in [0.3, 0.4) is 0 Å². The van der Waals surface area contributed by atoms with Gasteiger partial charge in [-0.05, 0) is 39.3 Å². The minimum Gasteiger partial charge on any atom is -0.449 e. The zero-order chi connectivity index (χ0) is 21.3. The van der Waals surface area contributed by atoms with E-state index < -0.39 is 33.9 Å². The summed E-state index contributed by atoms with van der Waals surface area (Å²) in [4.78, 5) is 38.8. The summed E-state index contributed by atoms with van der Waals surface area (Å²) in [5.41, 5.74) is 0.750. The van der Waals surface area contributed by atoms with Crippen LogP contribution in [-0.4, -0.2) is 55.4 Å². The molecule has 0 bridgehead atoms. The Hall–Kier alpha value is -2.68. The fourth-order valence-corrected chi connectivity index (χ4v) is 5.22. The van der Waals surface area contributed by atoms with Gasteiger partial charge in [-0.1, -0.05) is 11.6 Å². The molecule has 2 heterocycles. The fourth-order valence-electron chi connectivity index (χ4n) is 3.49. The van der Waals surface area contributed by atoms with E-state index >= 15 is 0 Å². The van der Waals surface area contributed by atoms with Crippen molar-refractivity contribution in [3.63, 3.8) is 0 Å². The van der Waals surface area contributed by atoms with Crippen molar-refractivity contribution in [3.05, 3.63) is 45.8 Å². The quantitative estimate of drug-likeness (QED) is 0.675. The maximum Gasteiger partial charge on any atom is 0.375 e. The van der Waals surface area contributed by atoms with Crippen molar-refractivity contribution < 1.29 is 27.2 Å². The van der Waals surface area contributed by atoms with Crippen molar-refractivity contribution in [3.8, 4) is 0 Å². The van der Waals surface area contributed by atoms with Crippen LogP contribution in [-0.2, 0) is 19.4 Å². The molecule has 0 aliphatic carbocycles. The summed E-state index contributed by atoms with van der Waals surface area (Å²) < 4.78 is 34.1. The second-order valence-corrected chi connectivity index (χ2v) is 9.43. The van der Waals surface area contributed by atoms with Crippen LogP contribution >= 0.6 is 0 Å². The number of sulfone groups is 1. The molecule has 29 heavy (non-hydrogen) atoms. The lowest BCUT2D eigenvalue weighted by molar-refractivity contribution is -0.141. The Morgan fingerprint density at radius 1 is 1.31 bits per heavy atom. The first-order valence-electron chi connectivity index (χ1n) is 9.37. The predicted molar refractivity (Wildman–Crippen MR) is 107 cm³/mol. The van der Waals surface area contributed by atoms with Crippen LogP contribution in [0.15, 0.2) is 33.5 Å². The summed E-state index contributed by atoms with van der Waals surface area (Å²) in [6, 6.07) is 5.62. The van der Waals surface area contributed by atoms with Gasteiger partial charge in [0.15, 0.2) is 21.4 Å². The Morgan fingerprint density at radius 3 is 2.66 bits per heavy atom. The second kappa shape index (κ2) is 7.98. The largest absolute Gasteiger partial charge is 0.449 e. The van der Waals surface area contributed by atoms with E-state index in [2.05, 4.69) is 0 Å². The zero-order valence-corrected chi connectivity index (χ0v) is 17.3. The minimum absolute atomic E-state index is 0.0390.